The van der Waals surface area contributed by atoms with Crippen LogP contribution in [0.5, 0.6) is 0 Å². The Morgan fingerprint density at radius 1 is 1.25 bits per heavy atom. The normalized spacial score (nSPS) is 17.0. The summed E-state index contributed by atoms with van der Waals surface area (Å²) in [4.78, 5) is 37.9. The van der Waals surface area contributed by atoms with Crippen LogP contribution in [-0.2, 0) is 14.4 Å². The van der Waals surface area contributed by atoms with Crippen LogP contribution < -0.4 is 5.32 Å². The molecule has 1 aliphatic rings. The first-order chi connectivity index (χ1) is 15.1. The fourth-order valence-corrected chi connectivity index (χ4v) is 4.94. The minimum Gasteiger partial charge on any atom is -0.480 e. The predicted molar refractivity (Wildman–Crippen MR) is 121 cm³/mol. The van der Waals surface area contributed by atoms with Crippen molar-refractivity contribution in [3.63, 3.8) is 0 Å². The summed E-state index contributed by atoms with van der Waals surface area (Å²) in [5.74, 6) is -4.63. The molecule has 12 heteroatoms. The molecule has 2 heterocycles. The Hall–Kier alpha value is -2.67. The summed E-state index contributed by atoms with van der Waals surface area (Å²) in [6, 6.07) is 3.75. The lowest BCUT2D eigenvalue weighted by Gasteiger charge is -2.19. The monoisotopic (exact) mass is 498 g/mol. The van der Waals surface area contributed by atoms with Crippen molar-refractivity contribution in [1.82, 2.24) is 10.2 Å². The number of nitrogens with one attached hydrogen (secondary N) is 1. The number of halogens is 2. The van der Waals surface area contributed by atoms with Gasteiger partial charge in [0, 0.05) is 4.88 Å². The predicted octanol–water partition coefficient (Wildman–Crippen LogP) is 2.84. The first-order valence-electron chi connectivity index (χ1n) is 9.06. The molecule has 7 nitrogen and oxygen atoms in total. The number of carbonyl (C=O) groups is 3. The number of carboxylic acids is 1. The fraction of sp³-hybridized carbons (Fsp3) is 0.200. The molecule has 0 saturated carbocycles. The molecule has 1 aromatic carbocycles. The van der Waals surface area contributed by atoms with E-state index in [0.717, 1.165) is 28.8 Å². The number of carbonyl (C=O) groups excluding carboxylic acids is 2. The minimum atomic E-state index is -1.52. The van der Waals surface area contributed by atoms with Crippen molar-refractivity contribution >= 4 is 63.5 Å². The molecule has 0 aliphatic carbocycles. The maximum absolute atomic E-state index is 13.5. The second-order valence-corrected chi connectivity index (χ2v) is 9.38. The molecular weight excluding hydrogens is 482 g/mol. The van der Waals surface area contributed by atoms with Gasteiger partial charge in [0.2, 0.25) is 5.91 Å². The topological polar surface area (TPSA) is 107 Å². The summed E-state index contributed by atoms with van der Waals surface area (Å²) in [7, 11) is 0. The molecule has 32 heavy (non-hydrogen) atoms. The average molecular weight is 499 g/mol. The van der Waals surface area contributed by atoms with E-state index in [4.69, 9.17) is 17.3 Å². The highest BCUT2D eigenvalue weighted by molar-refractivity contribution is 8.26. The average Bonchev–Trinajstić information content (AvgIpc) is 3.28. The second kappa shape index (κ2) is 9.86. The fourth-order valence-electron chi connectivity index (χ4n) is 2.77. The van der Waals surface area contributed by atoms with Gasteiger partial charge in [0.15, 0.2) is 17.7 Å². The highest BCUT2D eigenvalue weighted by Gasteiger charge is 2.34. The van der Waals surface area contributed by atoms with E-state index in [1.54, 1.807) is 17.5 Å². The zero-order valence-electron chi connectivity index (χ0n) is 16.4. The molecule has 1 aliphatic heterocycles. The van der Waals surface area contributed by atoms with E-state index >= 15 is 0 Å². The number of aliphatic hydroxyl groups excluding tert-OH is 1. The minimum absolute atomic E-state index is 0.123. The van der Waals surface area contributed by atoms with Gasteiger partial charge in [-0.25, -0.2) is 13.6 Å². The second-order valence-electron chi connectivity index (χ2n) is 6.76. The van der Waals surface area contributed by atoms with Crippen LogP contribution in [0, 0.1) is 11.6 Å². The van der Waals surface area contributed by atoms with E-state index in [1.807, 2.05) is 0 Å². The molecule has 3 rings (SSSR count). The lowest BCUT2D eigenvalue weighted by atomic mass is 10.1. The molecular formula is C20H16F2N2O5S3. The zero-order valence-corrected chi connectivity index (χ0v) is 18.8. The van der Waals surface area contributed by atoms with Crippen molar-refractivity contribution in [2.24, 2.45) is 0 Å². The van der Waals surface area contributed by atoms with Gasteiger partial charge in [-0.05, 0) is 47.7 Å². The van der Waals surface area contributed by atoms with Crippen LogP contribution in [0.2, 0.25) is 0 Å². The van der Waals surface area contributed by atoms with Crippen molar-refractivity contribution in [1.29, 1.82) is 0 Å². The molecule has 0 unspecified atom stereocenters. The van der Waals surface area contributed by atoms with Crippen LogP contribution in [-0.4, -0.2) is 55.9 Å². The number of hydrogen-bond acceptors (Lipinski definition) is 7. The molecule has 1 aromatic heterocycles. The largest absolute Gasteiger partial charge is 0.480 e. The number of aliphatic hydroxyl groups is 1. The Morgan fingerprint density at radius 3 is 2.59 bits per heavy atom. The van der Waals surface area contributed by atoms with Crippen LogP contribution in [0.4, 0.5) is 8.78 Å². The van der Waals surface area contributed by atoms with Crippen molar-refractivity contribution in [3.05, 3.63) is 51.1 Å². The third kappa shape index (κ3) is 5.38. The van der Waals surface area contributed by atoms with Gasteiger partial charge in [-0.1, -0.05) is 30.0 Å². The maximum Gasteiger partial charge on any atom is 0.328 e. The molecule has 0 bridgehead atoms. The Labute approximate surface area is 194 Å². The highest BCUT2D eigenvalue weighted by atomic mass is 32.2. The Morgan fingerprint density at radius 2 is 1.97 bits per heavy atom. The number of aliphatic carboxylic acids is 1. The lowest BCUT2D eigenvalue weighted by Crippen LogP contribution is -2.51. The number of carboxylic acid groups (broad SMARTS) is 1. The molecule has 1 fully saturated rings. The summed E-state index contributed by atoms with van der Waals surface area (Å²) in [6.07, 6.45) is 0.242. The standard InChI is InChI=1S/C20H16F2N2O5S3/c1-9(25)17(19(28)29)23-16(26)7-24-18(27)15(32-20(24)30)6-12-4-11(8-31-12)10-2-3-13(21)14(22)5-10/h2-6,8-9,17,25H,7H2,1H3,(H,23,26)(H,28,29)/t9-,17+/m1/s1. The van der Waals surface area contributed by atoms with E-state index in [-0.39, 0.29) is 9.23 Å². The summed E-state index contributed by atoms with van der Waals surface area (Å²) >= 11 is 7.42. The van der Waals surface area contributed by atoms with Crippen molar-refractivity contribution in [2.45, 2.75) is 19.1 Å². The molecule has 0 spiro atoms. The SMILES string of the molecule is C[C@@H](O)[C@H](NC(=O)CN1C(=O)C(=Cc2cc(-c3ccc(F)c(F)c3)cs2)SC1=S)C(=O)O. The number of thiocarbonyl (C=S) groups is 1. The lowest BCUT2D eigenvalue weighted by molar-refractivity contribution is -0.144. The van der Waals surface area contributed by atoms with E-state index in [2.05, 4.69) is 5.32 Å². The number of thiophene rings is 1. The van der Waals surface area contributed by atoms with E-state index in [1.165, 1.54) is 24.3 Å². The third-order valence-corrected chi connectivity index (χ3v) is 6.64. The van der Waals surface area contributed by atoms with Crippen molar-refractivity contribution in [2.75, 3.05) is 6.54 Å². The molecule has 2 aromatic rings. The van der Waals surface area contributed by atoms with Crippen LogP contribution >= 0.6 is 35.3 Å². The Balaban J connectivity index is 1.72. The maximum atomic E-state index is 13.5. The number of hydrogen-bond donors (Lipinski definition) is 3. The molecule has 2 amide bonds. The van der Waals surface area contributed by atoms with Gasteiger partial charge in [-0.2, -0.15) is 0 Å². The van der Waals surface area contributed by atoms with Gasteiger partial charge < -0.3 is 15.5 Å². The Bertz CT molecular complexity index is 1130. The third-order valence-electron chi connectivity index (χ3n) is 4.39. The highest BCUT2D eigenvalue weighted by Crippen LogP contribution is 2.35. The van der Waals surface area contributed by atoms with E-state index in [0.29, 0.717) is 16.0 Å². The number of nitrogens with zero attached hydrogens (tertiary/aromatic N) is 1. The molecule has 1 saturated heterocycles. The number of rotatable bonds is 7. The van der Waals surface area contributed by atoms with E-state index in [9.17, 15) is 28.3 Å². The Kier molecular flexibility index (Phi) is 7.39. The molecule has 2 atom stereocenters. The first kappa shape index (κ1) is 24.0. The van der Waals surface area contributed by atoms with Crippen LogP contribution in [0.3, 0.4) is 0 Å². The summed E-state index contributed by atoms with van der Waals surface area (Å²) in [5, 5.41) is 22.4. The van der Waals surface area contributed by atoms with Crippen molar-refractivity contribution < 1.29 is 33.4 Å². The van der Waals surface area contributed by atoms with Gasteiger partial charge in [-0.15, -0.1) is 11.3 Å². The first-order valence-corrected chi connectivity index (χ1v) is 11.2. The number of amides is 2. The van der Waals surface area contributed by atoms with Gasteiger partial charge in [0.05, 0.1) is 11.0 Å². The quantitative estimate of drug-likeness (QED) is 0.398. The van der Waals surface area contributed by atoms with Crippen molar-refractivity contribution in [3.8, 4) is 11.1 Å². The van der Waals surface area contributed by atoms with Gasteiger partial charge >= 0.3 is 5.97 Å². The smallest absolute Gasteiger partial charge is 0.328 e. The van der Waals surface area contributed by atoms with Gasteiger partial charge in [0.25, 0.3) is 5.91 Å². The van der Waals surface area contributed by atoms with Crippen LogP contribution in [0.15, 0.2) is 34.6 Å². The van der Waals surface area contributed by atoms with E-state index < -0.39 is 48.1 Å². The molecule has 168 valence electrons. The summed E-state index contributed by atoms with van der Waals surface area (Å²) in [6.45, 7) is 0.722. The van der Waals surface area contributed by atoms with Crippen LogP contribution in [0.1, 0.15) is 11.8 Å². The van der Waals surface area contributed by atoms with Gasteiger partial charge in [-0.3, -0.25) is 14.5 Å². The molecule has 0 radical (unpaired) electrons. The van der Waals surface area contributed by atoms with Crippen LogP contribution in [0.25, 0.3) is 17.2 Å². The number of benzene rings is 1. The zero-order chi connectivity index (χ0) is 23.6. The summed E-state index contributed by atoms with van der Waals surface area (Å²) < 4.78 is 26.7. The van der Waals surface area contributed by atoms with Gasteiger partial charge in [0.1, 0.15) is 10.9 Å². The summed E-state index contributed by atoms with van der Waals surface area (Å²) in [5.41, 5.74) is 1.13. The number of thioether (sulfide) groups is 1. The molecule has 3 N–H and O–H groups in total.